The first-order valence-electron chi connectivity index (χ1n) is 6.05. The molecule has 2 aromatic rings. The standard InChI is InChI=1S/C14H17N3/c1-2-16-7-3-8-17-9-6-13-10-12(11-15)4-5-14(13)17/h4-6,9-10,16H,2-3,7-8H2,1H3. The van der Waals surface area contributed by atoms with Crippen molar-refractivity contribution < 1.29 is 0 Å². The molecule has 0 bridgehead atoms. The minimum absolute atomic E-state index is 0.725. The topological polar surface area (TPSA) is 40.8 Å². The van der Waals surface area contributed by atoms with Crippen LogP contribution < -0.4 is 5.32 Å². The van der Waals surface area contributed by atoms with E-state index in [0.29, 0.717) is 0 Å². The van der Waals surface area contributed by atoms with Crippen LogP contribution in [0.1, 0.15) is 18.9 Å². The van der Waals surface area contributed by atoms with Crippen molar-refractivity contribution in [2.24, 2.45) is 0 Å². The number of rotatable bonds is 5. The minimum atomic E-state index is 0.725. The Morgan fingerprint density at radius 1 is 1.35 bits per heavy atom. The number of hydrogen-bond acceptors (Lipinski definition) is 2. The van der Waals surface area contributed by atoms with Crippen LogP contribution in [0.4, 0.5) is 0 Å². The average molecular weight is 227 g/mol. The molecule has 0 aliphatic rings. The van der Waals surface area contributed by atoms with Crippen LogP contribution in [0.3, 0.4) is 0 Å². The molecule has 3 nitrogen and oxygen atoms in total. The molecule has 0 unspecified atom stereocenters. The second kappa shape index (κ2) is 5.51. The van der Waals surface area contributed by atoms with Crippen LogP contribution in [0.25, 0.3) is 10.9 Å². The zero-order valence-electron chi connectivity index (χ0n) is 10.1. The average Bonchev–Trinajstić information content (AvgIpc) is 2.77. The van der Waals surface area contributed by atoms with Crippen molar-refractivity contribution >= 4 is 10.9 Å². The van der Waals surface area contributed by atoms with E-state index in [9.17, 15) is 0 Å². The van der Waals surface area contributed by atoms with Crippen molar-refractivity contribution in [1.29, 1.82) is 5.26 Å². The van der Waals surface area contributed by atoms with Gasteiger partial charge in [-0.3, -0.25) is 0 Å². The van der Waals surface area contributed by atoms with Gasteiger partial charge in [-0.2, -0.15) is 5.26 Å². The number of hydrogen-bond donors (Lipinski definition) is 1. The van der Waals surface area contributed by atoms with Crippen LogP contribution in [0, 0.1) is 11.3 Å². The Balaban J connectivity index is 2.11. The summed E-state index contributed by atoms with van der Waals surface area (Å²) >= 11 is 0. The van der Waals surface area contributed by atoms with E-state index in [1.54, 1.807) is 0 Å². The molecular formula is C14H17N3. The molecule has 0 aliphatic heterocycles. The van der Waals surface area contributed by atoms with Gasteiger partial charge in [-0.1, -0.05) is 6.92 Å². The van der Waals surface area contributed by atoms with E-state index < -0.39 is 0 Å². The van der Waals surface area contributed by atoms with Gasteiger partial charge >= 0.3 is 0 Å². The van der Waals surface area contributed by atoms with Gasteiger partial charge in [-0.25, -0.2) is 0 Å². The van der Waals surface area contributed by atoms with Crippen molar-refractivity contribution in [2.45, 2.75) is 19.9 Å². The number of fused-ring (bicyclic) bond motifs is 1. The van der Waals surface area contributed by atoms with Gasteiger partial charge < -0.3 is 9.88 Å². The smallest absolute Gasteiger partial charge is 0.0991 e. The van der Waals surface area contributed by atoms with Crippen molar-refractivity contribution in [3.63, 3.8) is 0 Å². The van der Waals surface area contributed by atoms with Gasteiger partial charge in [0.05, 0.1) is 11.6 Å². The van der Waals surface area contributed by atoms with Gasteiger partial charge in [-0.15, -0.1) is 0 Å². The number of nitriles is 1. The number of benzene rings is 1. The molecule has 1 heterocycles. The summed E-state index contributed by atoms with van der Waals surface area (Å²) in [5.74, 6) is 0. The van der Waals surface area contributed by atoms with Crippen molar-refractivity contribution in [3.8, 4) is 6.07 Å². The van der Waals surface area contributed by atoms with E-state index >= 15 is 0 Å². The molecule has 0 aliphatic carbocycles. The predicted octanol–water partition coefficient (Wildman–Crippen LogP) is 2.51. The van der Waals surface area contributed by atoms with Crippen LogP contribution in [0.15, 0.2) is 30.5 Å². The van der Waals surface area contributed by atoms with Gasteiger partial charge in [0, 0.05) is 23.6 Å². The summed E-state index contributed by atoms with van der Waals surface area (Å²) in [7, 11) is 0. The van der Waals surface area contributed by atoms with Gasteiger partial charge in [0.2, 0.25) is 0 Å². The Kier molecular flexibility index (Phi) is 3.79. The van der Waals surface area contributed by atoms with E-state index in [2.05, 4.69) is 35.1 Å². The normalized spacial score (nSPS) is 10.6. The first kappa shape index (κ1) is 11.7. The maximum Gasteiger partial charge on any atom is 0.0991 e. The van der Waals surface area contributed by atoms with Crippen LogP contribution in [0.2, 0.25) is 0 Å². The molecular weight excluding hydrogens is 210 g/mol. The van der Waals surface area contributed by atoms with Crippen LogP contribution in [-0.2, 0) is 6.54 Å². The van der Waals surface area contributed by atoms with Crippen molar-refractivity contribution in [3.05, 3.63) is 36.0 Å². The molecule has 0 spiro atoms. The molecule has 0 saturated heterocycles. The maximum absolute atomic E-state index is 8.84. The van der Waals surface area contributed by atoms with Gasteiger partial charge in [0.25, 0.3) is 0 Å². The molecule has 0 fully saturated rings. The molecule has 2 rings (SSSR count). The first-order valence-corrected chi connectivity index (χ1v) is 6.05. The van der Waals surface area contributed by atoms with Gasteiger partial charge in [-0.05, 0) is 43.8 Å². The third kappa shape index (κ3) is 2.66. The zero-order valence-corrected chi connectivity index (χ0v) is 10.1. The Labute approximate surface area is 102 Å². The summed E-state index contributed by atoms with van der Waals surface area (Å²) in [5.41, 5.74) is 1.93. The molecule has 0 amide bonds. The number of nitrogens with zero attached hydrogens (tertiary/aromatic N) is 2. The number of aryl methyl sites for hydroxylation is 1. The molecule has 0 saturated carbocycles. The largest absolute Gasteiger partial charge is 0.347 e. The Morgan fingerprint density at radius 2 is 2.24 bits per heavy atom. The van der Waals surface area contributed by atoms with Gasteiger partial charge in [0.1, 0.15) is 0 Å². The predicted molar refractivity (Wildman–Crippen MR) is 69.8 cm³/mol. The van der Waals surface area contributed by atoms with Crippen molar-refractivity contribution in [1.82, 2.24) is 9.88 Å². The molecule has 3 heteroatoms. The highest BCUT2D eigenvalue weighted by molar-refractivity contribution is 5.81. The fourth-order valence-electron chi connectivity index (χ4n) is 2.02. The lowest BCUT2D eigenvalue weighted by molar-refractivity contribution is 0.603. The Bertz CT molecular complexity index is 534. The van der Waals surface area contributed by atoms with Gasteiger partial charge in [0.15, 0.2) is 0 Å². The van der Waals surface area contributed by atoms with E-state index in [0.717, 1.165) is 37.0 Å². The second-order valence-electron chi connectivity index (χ2n) is 4.10. The Morgan fingerprint density at radius 3 is 3.00 bits per heavy atom. The lowest BCUT2D eigenvalue weighted by Crippen LogP contribution is -2.15. The minimum Gasteiger partial charge on any atom is -0.347 e. The molecule has 0 atom stereocenters. The zero-order chi connectivity index (χ0) is 12.1. The highest BCUT2D eigenvalue weighted by Gasteiger charge is 2.01. The lowest BCUT2D eigenvalue weighted by atomic mass is 10.2. The van der Waals surface area contributed by atoms with Crippen molar-refractivity contribution in [2.75, 3.05) is 13.1 Å². The molecule has 1 aromatic heterocycles. The summed E-state index contributed by atoms with van der Waals surface area (Å²) in [6.07, 6.45) is 3.22. The maximum atomic E-state index is 8.84. The first-order chi connectivity index (χ1) is 8.35. The second-order valence-corrected chi connectivity index (χ2v) is 4.10. The quantitative estimate of drug-likeness (QED) is 0.797. The van der Waals surface area contributed by atoms with E-state index in [-0.39, 0.29) is 0 Å². The molecule has 0 radical (unpaired) electrons. The van der Waals surface area contributed by atoms with Crippen LogP contribution >= 0.6 is 0 Å². The highest BCUT2D eigenvalue weighted by Crippen LogP contribution is 2.17. The third-order valence-electron chi connectivity index (χ3n) is 2.90. The highest BCUT2D eigenvalue weighted by atomic mass is 15.0. The van der Waals surface area contributed by atoms with E-state index in [1.165, 1.54) is 5.52 Å². The fourth-order valence-corrected chi connectivity index (χ4v) is 2.02. The Hall–Kier alpha value is -1.79. The van der Waals surface area contributed by atoms with Crippen LogP contribution in [0.5, 0.6) is 0 Å². The summed E-state index contributed by atoms with van der Waals surface area (Å²) in [4.78, 5) is 0. The number of aromatic nitrogens is 1. The summed E-state index contributed by atoms with van der Waals surface area (Å²) in [6.45, 7) is 5.21. The lowest BCUT2D eigenvalue weighted by Gasteiger charge is -2.05. The summed E-state index contributed by atoms with van der Waals surface area (Å²) in [5, 5.41) is 13.3. The monoisotopic (exact) mass is 227 g/mol. The number of nitrogens with one attached hydrogen (secondary N) is 1. The fraction of sp³-hybridized carbons (Fsp3) is 0.357. The molecule has 1 N–H and O–H groups in total. The summed E-state index contributed by atoms with van der Waals surface area (Å²) < 4.78 is 2.24. The van der Waals surface area contributed by atoms with E-state index in [1.807, 2.05) is 18.2 Å². The summed E-state index contributed by atoms with van der Waals surface area (Å²) in [6, 6.07) is 10.1. The SMILES string of the molecule is CCNCCCn1ccc2cc(C#N)ccc21. The third-order valence-corrected chi connectivity index (χ3v) is 2.90. The molecule has 88 valence electrons. The molecule has 1 aromatic carbocycles. The van der Waals surface area contributed by atoms with E-state index in [4.69, 9.17) is 5.26 Å². The molecule has 17 heavy (non-hydrogen) atoms. The van der Waals surface area contributed by atoms with Crippen LogP contribution in [-0.4, -0.2) is 17.7 Å².